The molecule has 0 aliphatic carbocycles. The van der Waals surface area contributed by atoms with Crippen LogP contribution in [0.1, 0.15) is 25.3 Å². The molecule has 4 heteroatoms. The molecule has 0 N–H and O–H groups in total. The summed E-state index contributed by atoms with van der Waals surface area (Å²) in [6.45, 7) is 3.91. The molecule has 0 fully saturated rings. The van der Waals surface area contributed by atoms with Crippen molar-refractivity contribution in [2.45, 2.75) is 19.8 Å². The zero-order chi connectivity index (χ0) is 11.5. The van der Waals surface area contributed by atoms with Gasteiger partial charge in [0.25, 0.3) is 0 Å². The van der Waals surface area contributed by atoms with Crippen LogP contribution in [0.3, 0.4) is 0 Å². The molecule has 0 radical (unpaired) electrons. The van der Waals surface area contributed by atoms with E-state index in [1.54, 1.807) is 24.5 Å². The highest BCUT2D eigenvalue weighted by Gasteiger charge is 2.08. The molecule has 2 rings (SSSR count). The van der Waals surface area contributed by atoms with E-state index in [0.717, 1.165) is 0 Å². The number of aromatic nitrogens is 2. The van der Waals surface area contributed by atoms with E-state index in [4.69, 9.17) is 4.84 Å². The summed E-state index contributed by atoms with van der Waals surface area (Å²) in [5, 5.41) is 0. The Kier molecular flexibility index (Phi) is 2.90. The lowest BCUT2D eigenvalue weighted by atomic mass is 10.0. The van der Waals surface area contributed by atoms with Gasteiger partial charge >= 0.3 is 0 Å². The zero-order valence-corrected chi connectivity index (χ0v) is 9.22. The van der Waals surface area contributed by atoms with Gasteiger partial charge in [0, 0.05) is 12.3 Å². The molecule has 1 heterocycles. The van der Waals surface area contributed by atoms with Gasteiger partial charge < -0.3 is 4.84 Å². The Morgan fingerprint density at radius 1 is 1.38 bits per heavy atom. The molecule has 3 nitrogen and oxygen atoms in total. The van der Waals surface area contributed by atoms with Gasteiger partial charge in [-0.15, -0.1) is 0 Å². The van der Waals surface area contributed by atoms with Gasteiger partial charge in [0.2, 0.25) is 0 Å². The molecule has 0 aliphatic rings. The van der Waals surface area contributed by atoms with E-state index >= 15 is 0 Å². The number of benzene rings is 1. The maximum atomic E-state index is 13.6. The van der Waals surface area contributed by atoms with Gasteiger partial charge in [-0.3, -0.25) is 0 Å². The summed E-state index contributed by atoms with van der Waals surface area (Å²) in [4.78, 5) is 9.18. The number of imidazole rings is 1. The third-order valence-electron chi connectivity index (χ3n) is 2.28. The third-order valence-corrected chi connectivity index (χ3v) is 2.28. The molecule has 0 saturated carbocycles. The molecule has 0 amide bonds. The molecule has 0 spiro atoms. The van der Waals surface area contributed by atoms with Crippen molar-refractivity contribution in [1.82, 2.24) is 9.71 Å². The number of hydrogen-bond acceptors (Lipinski definition) is 2. The third kappa shape index (κ3) is 2.21. The van der Waals surface area contributed by atoms with E-state index in [1.807, 2.05) is 13.8 Å². The van der Waals surface area contributed by atoms with Gasteiger partial charge in [0.05, 0.1) is 6.20 Å². The molecular formula is C12H13FN2O. The minimum absolute atomic E-state index is 0.169. The summed E-state index contributed by atoms with van der Waals surface area (Å²) in [6.07, 6.45) is 4.75. The highest BCUT2D eigenvalue weighted by Crippen LogP contribution is 2.22. The Morgan fingerprint density at radius 2 is 2.19 bits per heavy atom. The summed E-state index contributed by atoms with van der Waals surface area (Å²) < 4.78 is 15.0. The number of halogens is 1. The van der Waals surface area contributed by atoms with Crippen LogP contribution in [0.4, 0.5) is 4.39 Å². The Bertz CT molecular complexity index is 466. The van der Waals surface area contributed by atoms with Crippen LogP contribution in [0.15, 0.2) is 36.9 Å². The smallest absolute Gasteiger partial charge is 0.158 e. The largest absolute Gasteiger partial charge is 0.374 e. The second-order valence-electron chi connectivity index (χ2n) is 3.85. The van der Waals surface area contributed by atoms with Crippen LogP contribution in [-0.2, 0) is 0 Å². The normalized spacial score (nSPS) is 10.8. The second-order valence-corrected chi connectivity index (χ2v) is 3.85. The average Bonchev–Trinajstić information content (AvgIpc) is 2.70. The van der Waals surface area contributed by atoms with Crippen molar-refractivity contribution in [3.63, 3.8) is 0 Å². The van der Waals surface area contributed by atoms with Crippen molar-refractivity contribution in [2.24, 2.45) is 0 Å². The fraction of sp³-hybridized carbons (Fsp3) is 0.250. The van der Waals surface area contributed by atoms with Gasteiger partial charge in [0.1, 0.15) is 12.1 Å². The molecule has 1 aromatic carbocycles. The van der Waals surface area contributed by atoms with Crippen LogP contribution >= 0.6 is 0 Å². The molecule has 0 bridgehead atoms. The van der Waals surface area contributed by atoms with E-state index in [0.29, 0.717) is 11.3 Å². The van der Waals surface area contributed by atoms with Crippen LogP contribution in [0, 0.1) is 5.82 Å². The molecule has 0 unspecified atom stereocenters. The predicted octanol–water partition coefficient (Wildman–Crippen LogP) is 2.99. The lowest BCUT2D eigenvalue weighted by molar-refractivity contribution is 0.214. The minimum Gasteiger partial charge on any atom is -0.374 e. The molecule has 84 valence electrons. The number of nitrogens with zero attached hydrogens (tertiary/aromatic N) is 2. The van der Waals surface area contributed by atoms with E-state index in [-0.39, 0.29) is 11.7 Å². The molecule has 16 heavy (non-hydrogen) atoms. The minimum atomic E-state index is -0.243. The number of rotatable bonds is 3. The van der Waals surface area contributed by atoms with Crippen LogP contribution in [0.2, 0.25) is 0 Å². The first-order chi connectivity index (χ1) is 7.66. The Morgan fingerprint density at radius 3 is 2.75 bits per heavy atom. The maximum absolute atomic E-state index is 13.6. The zero-order valence-electron chi connectivity index (χ0n) is 9.22. The van der Waals surface area contributed by atoms with Crippen LogP contribution in [0.25, 0.3) is 0 Å². The fourth-order valence-corrected chi connectivity index (χ4v) is 1.46. The highest BCUT2D eigenvalue weighted by molar-refractivity contribution is 5.30. The molecule has 0 saturated heterocycles. The van der Waals surface area contributed by atoms with Crippen molar-refractivity contribution < 1.29 is 9.23 Å². The maximum Gasteiger partial charge on any atom is 0.158 e. The monoisotopic (exact) mass is 220 g/mol. The first-order valence-electron chi connectivity index (χ1n) is 5.12. The van der Waals surface area contributed by atoms with Crippen LogP contribution < -0.4 is 4.84 Å². The van der Waals surface area contributed by atoms with Gasteiger partial charge in [-0.2, -0.15) is 4.73 Å². The van der Waals surface area contributed by atoms with Gasteiger partial charge in [-0.05, 0) is 17.5 Å². The second kappa shape index (κ2) is 4.35. The summed E-state index contributed by atoms with van der Waals surface area (Å²) in [5.74, 6) is 0.384. The molecule has 0 aliphatic heterocycles. The topological polar surface area (TPSA) is 27.1 Å². The summed E-state index contributed by atoms with van der Waals surface area (Å²) in [7, 11) is 0. The first kappa shape index (κ1) is 10.7. The standard InChI is InChI=1S/C12H13FN2O/c1-9(2)11-4-3-10(7-12(11)13)16-15-6-5-14-8-15/h3-9H,1-2H3. The fourth-order valence-electron chi connectivity index (χ4n) is 1.46. The molecule has 0 atom stereocenters. The van der Waals surface area contributed by atoms with Crippen LogP contribution in [0.5, 0.6) is 5.75 Å². The van der Waals surface area contributed by atoms with Gasteiger partial charge in [0.15, 0.2) is 5.75 Å². The van der Waals surface area contributed by atoms with E-state index in [1.165, 1.54) is 17.1 Å². The summed E-state index contributed by atoms with van der Waals surface area (Å²) >= 11 is 0. The van der Waals surface area contributed by atoms with E-state index in [2.05, 4.69) is 4.98 Å². The Balaban J connectivity index is 2.21. The summed E-state index contributed by atoms with van der Waals surface area (Å²) in [5.41, 5.74) is 0.693. The van der Waals surface area contributed by atoms with Crippen molar-refractivity contribution in [2.75, 3.05) is 0 Å². The molecular weight excluding hydrogens is 207 g/mol. The van der Waals surface area contributed by atoms with Gasteiger partial charge in [-0.1, -0.05) is 19.9 Å². The van der Waals surface area contributed by atoms with Crippen molar-refractivity contribution >= 4 is 0 Å². The SMILES string of the molecule is CC(C)c1ccc(On2ccnc2)cc1F. The molecule has 2 aromatic rings. The average molecular weight is 220 g/mol. The van der Waals surface area contributed by atoms with Gasteiger partial charge in [-0.25, -0.2) is 9.37 Å². The highest BCUT2D eigenvalue weighted by atomic mass is 19.1. The number of hydrogen-bond donors (Lipinski definition) is 0. The van der Waals surface area contributed by atoms with E-state index < -0.39 is 0 Å². The lowest BCUT2D eigenvalue weighted by Crippen LogP contribution is -2.02. The Hall–Kier alpha value is -1.84. The van der Waals surface area contributed by atoms with Crippen molar-refractivity contribution in [1.29, 1.82) is 0 Å². The summed E-state index contributed by atoms with van der Waals surface area (Å²) in [6, 6.07) is 4.88. The van der Waals surface area contributed by atoms with Crippen molar-refractivity contribution in [3.05, 3.63) is 48.3 Å². The lowest BCUT2D eigenvalue weighted by Gasteiger charge is -2.09. The van der Waals surface area contributed by atoms with E-state index in [9.17, 15) is 4.39 Å². The predicted molar refractivity (Wildman–Crippen MR) is 58.7 cm³/mol. The molecule has 1 aromatic heterocycles. The van der Waals surface area contributed by atoms with Crippen LogP contribution in [-0.4, -0.2) is 9.71 Å². The van der Waals surface area contributed by atoms with Crippen molar-refractivity contribution in [3.8, 4) is 5.75 Å². The first-order valence-corrected chi connectivity index (χ1v) is 5.12. The Labute approximate surface area is 93.5 Å². The quantitative estimate of drug-likeness (QED) is 0.795.